The van der Waals surface area contributed by atoms with Gasteiger partial charge in [-0.05, 0) is 25.1 Å². The molecule has 0 saturated carbocycles. The number of rotatable bonds is 1. The summed E-state index contributed by atoms with van der Waals surface area (Å²) in [5.74, 6) is -0.168. The summed E-state index contributed by atoms with van der Waals surface area (Å²) in [5.41, 5.74) is 8.06. The minimum atomic E-state index is -0.321. The van der Waals surface area contributed by atoms with E-state index < -0.39 is 0 Å². The smallest absolute Gasteiger partial charge is 0.220 e. The van der Waals surface area contributed by atoms with E-state index in [9.17, 15) is 4.39 Å². The summed E-state index contributed by atoms with van der Waals surface area (Å²) < 4.78 is 13.1. The molecule has 0 aliphatic rings. The molecule has 3 rings (SSSR count). The lowest BCUT2D eigenvalue weighted by molar-refractivity contribution is 0.629. The van der Waals surface area contributed by atoms with Crippen LogP contribution in [0.4, 0.5) is 10.3 Å². The van der Waals surface area contributed by atoms with Gasteiger partial charge in [-0.15, -0.1) is 0 Å². The van der Waals surface area contributed by atoms with Crippen molar-refractivity contribution in [2.24, 2.45) is 0 Å². The fourth-order valence-corrected chi connectivity index (χ4v) is 2.19. The molecule has 0 spiro atoms. The van der Waals surface area contributed by atoms with E-state index in [1.165, 1.54) is 12.1 Å². The van der Waals surface area contributed by atoms with Crippen LogP contribution < -0.4 is 5.73 Å². The van der Waals surface area contributed by atoms with Crippen molar-refractivity contribution in [3.05, 3.63) is 47.0 Å². The molecule has 0 unspecified atom stereocenters. The molecule has 100 valence electrons. The largest absolute Gasteiger partial charge is 0.368 e. The van der Waals surface area contributed by atoms with Crippen LogP contribution in [0.5, 0.6) is 0 Å². The molecule has 4 nitrogen and oxygen atoms in total. The van der Waals surface area contributed by atoms with Gasteiger partial charge in [0.25, 0.3) is 0 Å². The number of nitrogens with zero attached hydrogens (tertiary/aromatic N) is 3. The van der Waals surface area contributed by atoms with Crippen molar-refractivity contribution in [1.29, 1.82) is 0 Å². The lowest BCUT2D eigenvalue weighted by Crippen LogP contribution is -2.00. The summed E-state index contributed by atoms with van der Waals surface area (Å²) >= 11 is 6.21. The fraction of sp³-hybridized carbons (Fsp3) is 0.0714. The number of pyridine rings is 1. The van der Waals surface area contributed by atoms with E-state index in [4.69, 9.17) is 17.3 Å². The van der Waals surface area contributed by atoms with Crippen LogP contribution in [0.15, 0.2) is 30.5 Å². The number of anilines is 1. The molecule has 3 aromatic rings. The Morgan fingerprint density at radius 1 is 1.20 bits per heavy atom. The minimum Gasteiger partial charge on any atom is -0.368 e. The molecular weight excluding hydrogens is 279 g/mol. The number of aromatic nitrogens is 3. The Hall–Kier alpha value is -2.27. The number of nitrogen functional groups attached to an aromatic ring is 1. The van der Waals surface area contributed by atoms with Crippen LogP contribution in [0.3, 0.4) is 0 Å². The zero-order valence-electron chi connectivity index (χ0n) is 10.6. The molecule has 0 saturated heterocycles. The zero-order valence-corrected chi connectivity index (χ0v) is 11.3. The lowest BCUT2D eigenvalue weighted by atomic mass is 10.1. The maximum absolute atomic E-state index is 13.1. The van der Waals surface area contributed by atoms with Gasteiger partial charge in [0.2, 0.25) is 5.95 Å². The molecule has 20 heavy (non-hydrogen) atoms. The van der Waals surface area contributed by atoms with E-state index in [0.29, 0.717) is 27.5 Å². The summed E-state index contributed by atoms with van der Waals surface area (Å²) in [6.45, 7) is 1.76. The molecule has 0 aliphatic carbocycles. The van der Waals surface area contributed by atoms with Crippen LogP contribution in [0.1, 0.15) is 5.69 Å². The number of aryl methyl sites for hydroxylation is 1. The van der Waals surface area contributed by atoms with Crippen LogP contribution in [0, 0.1) is 12.7 Å². The maximum atomic E-state index is 13.1. The van der Waals surface area contributed by atoms with Crippen molar-refractivity contribution in [2.45, 2.75) is 6.92 Å². The minimum absolute atomic E-state index is 0.154. The Kier molecular flexibility index (Phi) is 2.99. The number of nitrogens with two attached hydrogens (primary N) is 1. The number of hydrogen-bond acceptors (Lipinski definition) is 4. The van der Waals surface area contributed by atoms with Gasteiger partial charge in [-0.2, -0.15) is 0 Å². The molecular formula is C14H10ClFN4. The highest BCUT2D eigenvalue weighted by Gasteiger charge is 2.11. The third-order valence-corrected chi connectivity index (χ3v) is 3.41. The first-order valence-corrected chi connectivity index (χ1v) is 6.27. The van der Waals surface area contributed by atoms with Gasteiger partial charge in [-0.1, -0.05) is 11.6 Å². The number of hydrogen-bond donors (Lipinski definition) is 1. The van der Waals surface area contributed by atoms with Gasteiger partial charge >= 0.3 is 0 Å². The molecule has 2 N–H and O–H groups in total. The second kappa shape index (κ2) is 4.68. The second-order valence-corrected chi connectivity index (χ2v) is 4.77. The Morgan fingerprint density at radius 3 is 2.80 bits per heavy atom. The Labute approximate surface area is 119 Å². The van der Waals surface area contributed by atoms with E-state index in [1.54, 1.807) is 19.2 Å². The van der Waals surface area contributed by atoms with Crippen molar-refractivity contribution < 1.29 is 4.39 Å². The topological polar surface area (TPSA) is 64.7 Å². The van der Waals surface area contributed by atoms with E-state index in [-0.39, 0.29) is 11.8 Å². The van der Waals surface area contributed by atoms with E-state index >= 15 is 0 Å². The molecule has 0 fully saturated rings. The highest BCUT2D eigenvalue weighted by molar-refractivity contribution is 6.33. The van der Waals surface area contributed by atoms with Crippen molar-refractivity contribution in [2.75, 3.05) is 5.73 Å². The van der Waals surface area contributed by atoms with Gasteiger partial charge in [0.05, 0.1) is 21.9 Å². The van der Waals surface area contributed by atoms with Gasteiger partial charge < -0.3 is 5.73 Å². The monoisotopic (exact) mass is 288 g/mol. The van der Waals surface area contributed by atoms with Crippen LogP contribution in [0.25, 0.3) is 22.2 Å². The molecule has 0 amide bonds. The van der Waals surface area contributed by atoms with Crippen molar-refractivity contribution >= 4 is 28.5 Å². The van der Waals surface area contributed by atoms with Crippen LogP contribution in [-0.4, -0.2) is 15.0 Å². The van der Waals surface area contributed by atoms with E-state index in [1.807, 2.05) is 6.07 Å². The van der Waals surface area contributed by atoms with Gasteiger partial charge in [-0.25, -0.2) is 14.4 Å². The molecule has 6 heteroatoms. The molecule has 0 radical (unpaired) electrons. The fourth-order valence-electron chi connectivity index (χ4n) is 2.00. The molecule has 0 bridgehead atoms. The van der Waals surface area contributed by atoms with Crippen molar-refractivity contribution in [3.8, 4) is 11.3 Å². The van der Waals surface area contributed by atoms with Gasteiger partial charge in [-0.3, -0.25) is 4.98 Å². The Bertz CT molecular complexity index is 820. The first-order chi connectivity index (χ1) is 9.54. The van der Waals surface area contributed by atoms with E-state index in [0.717, 1.165) is 5.39 Å². The zero-order chi connectivity index (χ0) is 14.3. The molecule has 1 aromatic carbocycles. The molecule has 2 heterocycles. The summed E-state index contributed by atoms with van der Waals surface area (Å²) in [6.07, 6.45) is 1.59. The Balaban J connectivity index is 2.22. The van der Waals surface area contributed by atoms with Crippen LogP contribution in [0.2, 0.25) is 5.02 Å². The first-order valence-electron chi connectivity index (χ1n) is 5.90. The number of halogens is 2. The average Bonchev–Trinajstić information content (AvgIpc) is 2.42. The van der Waals surface area contributed by atoms with Gasteiger partial charge in [0.1, 0.15) is 5.82 Å². The predicted octanol–water partition coefficient (Wildman–Crippen LogP) is 3.37. The van der Waals surface area contributed by atoms with E-state index in [2.05, 4.69) is 15.0 Å². The SMILES string of the molecule is Cc1nc(N)nc(-c2cnc3cc(F)ccc3c2)c1Cl. The predicted molar refractivity (Wildman–Crippen MR) is 76.9 cm³/mol. The standard InChI is InChI=1S/C14H10ClFN4/c1-7-12(15)13(20-14(17)19-7)9-4-8-2-3-10(16)5-11(8)18-6-9/h2-6H,1H3,(H2,17,19,20). The van der Waals surface area contributed by atoms with Gasteiger partial charge in [0.15, 0.2) is 0 Å². The quantitative estimate of drug-likeness (QED) is 0.745. The van der Waals surface area contributed by atoms with Crippen LogP contribution >= 0.6 is 11.6 Å². The summed E-state index contributed by atoms with van der Waals surface area (Å²) in [7, 11) is 0. The Morgan fingerprint density at radius 2 is 2.00 bits per heavy atom. The third kappa shape index (κ3) is 2.16. The molecule has 0 aliphatic heterocycles. The van der Waals surface area contributed by atoms with Crippen molar-refractivity contribution in [1.82, 2.24) is 15.0 Å². The summed E-state index contributed by atoms with van der Waals surface area (Å²) in [6, 6.07) is 6.26. The highest BCUT2D eigenvalue weighted by atomic mass is 35.5. The number of fused-ring (bicyclic) bond motifs is 1. The van der Waals surface area contributed by atoms with Crippen molar-refractivity contribution in [3.63, 3.8) is 0 Å². The normalized spacial score (nSPS) is 10.9. The molecule has 0 atom stereocenters. The summed E-state index contributed by atoms with van der Waals surface area (Å²) in [5, 5.41) is 1.23. The average molecular weight is 289 g/mol. The van der Waals surface area contributed by atoms with Gasteiger partial charge in [0, 0.05) is 23.2 Å². The lowest BCUT2D eigenvalue weighted by Gasteiger charge is -2.07. The second-order valence-electron chi connectivity index (χ2n) is 4.39. The maximum Gasteiger partial charge on any atom is 0.220 e. The highest BCUT2D eigenvalue weighted by Crippen LogP contribution is 2.29. The first kappa shape index (κ1) is 12.7. The molecule has 2 aromatic heterocycles. The number of benzene rings is 1. The third-order valence-electron chi connectivity index (χ3n) is 2.95. The van der Waals surface area contributed by atoms with Crippen LogP contribution in [-0.2, 0) is 0 Å². The summed E-state index contributed by atoms with van der Waals surface area (Å²) in [4.78, 5) is 12.4.